The van der Waals surface area contributed by atoms with Crippen LogP contribution in [0.25, 0.3) is 0 Å². The van der Waals surface area contributed by atoms with Crippen LogP contribution in [0.3, 0.4) is 0 Å². The van der Waals surface area contributed by atoms with Gasteiger partial charge in [0.15, 0.2) is 5.78 Å². The molecule has 82 valence electrons. The molecule has 1 aromatic carbocycles. The molecule has 0 heterocycles. The van der Waals surface area contributed by atoms with Gasteiger partial charge in [-0.2, -0.15) is 0 Å². The van der Waals surface area contributed by atoms with Gasteiger partial charge >= 0.3 is 0 Å². The minimum Gasteiger partial charge on any atom is -0.351 e. The third-order valence-electron chi connectivity index (χ3n) is 1.46. The average molecular weight is 228 g/mol. The molecular formula is C11H14ClNO2. The van der Waals surface area contributed by atoms with Gasteiger partial charge in [0.1, 0.15) is 0 Å². The molecule has 1 aromatic rings. The van der Waals surface area contributed by atoms with Crippen molar-refractivity contribution in [1.29, 1.82) is 0 Å². The van der Waals surface area contributed by atoms with E-state index in [0.717, 1.165) is 6.41 Å². The Hall–Kier alpha value is -1.35. The summed E-state index contributed by atoms with van der Waals surface area (Å²) in [4.78, 5) is 21.6. The van der Waals surface area contributed by atoms with Crippen molar-refractivity contribution in [3.63, 3.8) is 0 Å². The number of benzene rings is 1. The summed E-state index contributed by atoms with van der Waals surface area (Å²) in [6.07, 6.45) is 0.750. The molecular weight excluding hydrogens is 214 g/mol. The van der Waals surface area contributed by atoms with Gasteiger partial charge in [0.25, 0.3) is 0 Å². The summed E-state index contributed by atoms with van der Waals surface area (Å²) in [5.74, 6) is 0.0664. The zero-order valence-electron chi connectivity index (χ0n) is 9.03. The summed E-state index contributed by atoms with van der Waals surface area (Å²) in [7, 11) is 3.38. The molecule has 0 aliphatic heterocycles. The van der Waals surface area contributed by atoms with Crippen LogP contribution in [-0.4, -0.2) is 31.2 Å². The molecule has 1 amide bonds. The quantitative estimate of drug-likeness (QED) is 0.574. The van der Waals surface area contributed by atoms with Crippen LogP contribution in [0, 0.1) is 0 Å². The molecule has 0 atom stereocenters. The van der Waals surface area contributed by atoms with E-state index in [1.807, 2.05) is 0 Å². The lowest BCUT2D eigenvalue weighted by Gasteiger charge is -1.93. The fourth-order valence-electron chi connectivity index (χ4n) is 0.685. The van der Waals surface area contributed by atoms with E-state index in [1.165, 1.54) is 11.8 Å². The van der Waals surface area contributed by atoms with Crippen LogP contribution < -0.4 is 0 Å². The first-order valence-electron chi connectivity index (χ1n) is 4.35. The van der Waals surface area contributed by atoms with Gasteiger partial charge in [-0.15, -0.1) is 0 Å². The predicted octanol–water partition coefficient (Wildman–Crippen LogP) is 2.25. The van der Waals surface area contributed by atoms with E-state index in [4.69, 9.17) is 11.6 Å². The van der Waals surface area contributed by atoms with Gasteiger partial charge < -0.3 is 4.90 Å². The van der Waals surface area contributed by atoms with Crippen molar-refractivity contribution < 1.29 is 9.59 Å². The van der Waals surface area contributed by atoms with Crippen molar-refractivity contribution in [3.8, 4) is 0 Å². The van der Waals surface area contributed by atoms with Crippen molar-refractivity contribution in [2.45, 2.75) is 6.92 Å². The molecule has 0 aliphatic carbocycles. The summed E-state index contributed by atoms with van der Waals surface area (Å²) in [6.45, 7) is 1.53. The summed E-state index contributed by atoms with van der Waals surface area (Å²) in [5, 5.41) is 0.657. The lowest BCUT2D eigenvalue weighted by Crippen LogP contribution is -2.06. The summed E-state index contributed by atoms with van der Waals surface area (Å²) in [6, 6.07) is 6.84. The fourth-order valence-corrected chi connectivity index (χ4v) is 0.811. The standard InChI is InChI=1S/C8H7ClO.C3H7NO/c1-6(10)7-2-4-8(9)5-3-7;1-4(2)3-5/h2-5H,1H3;3H,1-2H3. The largest absolute Gasteiger partial charge is 0.351 e. The highest BCUT2D eigenvalue weighted by atomic mass is 35.5. The number of Topliss-reactive ketones (excluding diaryl/α,β-unsaturated/α-hetero) is 1. The first kappa shape index (κ1) is 13.7. The molecule has 0 aromatic heterocycles. The van der Waals surface area contributed by atoms with Gasteiger partial charge in [-0.3, -0.25) is 9.59 Å². The molecule has 0 radical (unpaired) electrons. The first-order valence-corrected chi connectivity index (χ1v) is 4.73. The zero-order valence-corrected chi connectivity index (χ0v) is 9.78. The van der Waals surface area contributed by atoms with Gasteiger partial charge in [0.2, 0.25) is 6.41 Å². The molecule has 0 unspecified atom stereocenters. The van der Waals surface area contributed by atoms with Gasteiger partial charge in [0.05, 0.1) is 0 Å². The van der Waals surface area contributed by atoms with E-state index in [9.17, 15) is 9.59 Å². The Kier molecular flexibility index (Phi) is 6.38. The Morgan fingerprint density at radius 3 is 1.93 bits per heavy atom. The number of amides is 1. The Bertz CT molecular complexity index is 320. The second kappa shape index (κ2) is 7.01. The van der Waals surface area contributed by atoms with Crippen LogP contribution in [0.5, 0.6) is 0 Å². The van der Waals surface area contributed by atoms with Gasteiger partial charge in [0, 0.05) is 24.7 Å². The van der Waals surface area contributed by atoms with Crippen LogP contribution in [-0.2, 0) is 4.79 Å². The Morgan fingerprint density at radius 2 is 1.67 bits per heavy atom. The lowest BCUT2D eigenvalue weighted by molar-refractivity contribution is -0.115. The highest BCUT2D eigenvalue weighted by Crippen LogP contribution is 2.09. The fraction of sp³-hybridized carbons (Fsp3) is 0.273. The van der Waals surface area contributed by atoms with Crippen molar-refractivity contribution in [1.82, 2.24) is 4.90 Å². The molecule has 1 rings (SSSR count). The first-order chi connectivity index (χ1) is 6.97. The molecule has 0 saturated heterocycles. The van der Waals surface area contributed by atoms with Crippen LogP contribution >= 0.6 is 11.6 Å². The SMILES string of the molecule is CC(=O)c1ccc(Cl)cc1.CN(C)C=O. The molecule has 0 N–H and O–H groups in total. The minimum atomic E-state index is 0.0664. The van der Waals surface area contributed by atoms with Crippen molar-refractivity contribution in [2.24, 2.45) is 0 Å². The molecule has 0 fully saturated rings. The maximum Gasteiger partial charge on any atom is 0.209 e. The number of carbonyl (C=O) groups is 2. The van der Waals surface area contributed by atoms with Gasteiger partial charge in [-0.1, -0.05) is 11.6 Å². The summed E-state index contributed by atoms with van der Waals surface area (Å²) in [5.41, 5.74) is 0.699. The van der Waals surface area contributed by atoms with Crippen LogP contribution in [0.1, 0.15) is 17.3 Å². The maximum atomic E-state index is 10.7. The van der Waals surface area contributed by atoms with E-state index in [1.54, 1.807) is 38.4 Å². The number of nitrogens with zero attached hydrogens (tertiary/aromatic N) is 1. The number of hydrogen-bond donors (Lipinski definition) is 0. The van der Waals surface area contributed by atoms with Crippen molar-refractivity contribution in [2.75, 3.05) is 14.1 Å². The third kappa shape index (κ3) is 6.69. The molecule has 0 saturated carbocycles. The van der Waals surface area contributed by atoms with E-state index in [2.05, 4.69) is 0 Å². The van der Waals surface area contributed by atoms with Crippen LogP contribution in [0.15, 0.2) is 24.3 Å². The van der Waals surface area contributed by atoms with Gasteiger partial charge in [-0.05, 0) is 31.2 Å². The van der Waals surface area contributed by atoms with E-state index < -0.39 is 0 Å². The normalized spacial score (nSPS) is 8.53. The summed E-state index contributed by atoms with van der Waals surface area (Å²) >= 11 is 5.61. The molecule has 0 aliphatic rings. The number of ketones is 1. The third-order valence-corrected chi connectivity index (χ3v) is 1.71. The Morgan fingerprint density at radius 1 is 1.27 bits per heavy atom. The zero-order chi connectivity index (χ0) is 11.8. The average Bonchev–Trinajstić information content (AvgIpc) is 2.19. The molecule has 3 nitrogen and oxygen atoms in total. The Balaban J connectivity index is 0.000000336. The topological polar surface area (TPSA) is 37.4 Å². The van der Waals surface area contributed by atoms with Gasteiger partial charge in [-0.25, -0.2) is 0 Å². The second-order valence-electron chi connectivity index (χ2n) is 3.13. The van der Waals surface area contributed by atoms with E-state index >= 15 is 0 Å². The second-order valence-corrected chi connectivity index (χ2v) is 3.57. The molecule has 0 spiro atoms. The van der Waals surface area contributed by atoms with Crippen LogP contribution in [0.4, 0.5) is 0 Å². The van der Waals surface area contributed by atoms with E-state index in [0.29, 0.717) is 10.6 Å². The number of carbonyl (C=O) groups excluding carboxylic acids is 2. The molecule has 15 heavy (non-hydrogen) atoms. The van der Waals surface area contributed by atoms with Crippen LogP contribution in [0.2, 0.25) is 5.02 Å². The Labute approximate surface area is 94.6 Å². The number of rotatable bonds is 2. The molecule has 4 heteroatoms. The maximum absolute atomic E-state index is 10.7. The summed E-state index contributed by atoms with van der Waals surface area (Å²) < 4.78 is 0. The highest BCUT2D eigenvalue weighted by molar-refractivity contribution is 6.30. The number of hydrogen-bond acceptors (Lipinski definition) is 2. The van der Waals surface area contributed by atoms with Crippen molar-refractivity contribution in [3.05, 3.63) is 34.9 Å². The smallest absolute Gasteiger partial charge is 0.209 e. The monoisotopic (exact) mass is 227 g/mol. The van der Waals surface area contributed by atoms with E-state index in [-0.39, 0.29) is 5.78 Å². The molecule has 0 bridgehead atoms. The lowest BCUT2D eigenvalue weighted by atomic mass is 10.2. The van der Waals surface area contributed by atoms with Crippen molar-refractivity contribution >= 4 is 23.8 Å². The number of halogens is 1. The highest BCUT2D eigenvalue weighted by Gasteiger charge is 1.95. The predicted molar refractivity (Wildman–Crippen MR) is 61.2 cm³/mol. The minimum absolute atomic E-state index is 0.0664.